The van der Waals surface area contributed by atoms with Crippen molar-refractivity contribution in [3.8, 4) is 0 Å². The van der Waals surface area contributed by atoms with Crippen LogP contribution in [0.2, 0.25) is 0 Å². The average molecular weight is 255 g/mol. The second-order valence-corrected chi connectivity index (χ2v) is 4.86. The van der Waals surface area contributed by atoms with Gasteiger partial charge in [0.25, 0.3) is 0 Å². The average Bonchev–Trinajstić information content (AvgIpc) is 2.46. The number of aryl methyl sites for hydroxylation is 2. The molecule has 2 heteroatoms. The summed E-state index contributed by atoms with van der Waals surface area (Å²) in [7, 11) is 0. The summed E-state index contributed by atoms with van der Waals surface area (Å²) in [6.07, 6.45) is 0.568. The molecule has 2 rings (SSSR count). The predicted octanol–water partition coefficient (Wildman–Crippen LogP) is 3.70. The van der Waals surface area contributed by atoms with E-state index in [4.69, 9.17) is 0 Å². The maximum absolute atomic E-state index is 10.1. The van der Waals surface area contributed by atoms with Crippen molar-refractivity contribution in [2.24, 2.45) is 0 Å². The van der Waals surface area contributed by atoms with Crippen LogP contribution in [0.5, 0.6) is 0 Å². The number of rotatable bonds is 5. The van der Waals surface area contributed by atoms with E-state index in [2.05, 4.69) is 36.5 Å². The lowest BCUT2D eigenvalue weighted by Gasteiger charge is -2.13. The second kappa shape index (κ2) is 6.39. The molecule has 100 valence electrons. The SMILES string of the molecule is CCc1ccc(NCC(O)c2ccc(C)cc2)cc1. The number of nitrogens with one attached hydrogen (secondary N) is 1. The molecular formula is C17H21NO. The van der Waals surface area contributed by atoms with Crippen LogP contribution in [0.4, 0.5) is 5.69 Å². The third-order valence-electron chi connectivity index (χ3n) is 3.32. The molecule has 2 aromatic rings. The Balaban J connectivity index is 1.92. The third kappa shape index (κ3) is 3.83. The summed E-state index contributed by atoms with van der Waals surface area (Å²) in [5, 5.41) is 13.4. The summed E-state index contributed by atoms with van der Waals surface area (Å²) in [4.78, 5) is 0. The van der Waals surface area contributed by atoms with Crippen molar-refractivity contribution in [3.05, 3.63) is 65.2 Å². The van der Waals surface area contributed by atoms with Crippen molar-refractivity contribution in [1.29, 1.82) is 0 Å². The highest BCUT2D eigenvalue weighted by molar-refractivity contribution is 5.45. The third-order valence-corrected chi connectivity index (χ3v) is 3.32. The number of anilines is 1. The maximum atomic E-state index is 10.1. The van der Waals surface area contributed by atoms with Gasteiger partial charge in [-0.3, -0.25) is 0 Å². The molecule has 0 amide bonds. The fourth-order valence-corrected chi connectivity index (χ4v) is 1.98. The summed E-state index contributed by atoms with van der Waals surface area (Å²) in [6, 6.07) is 16.3. The number of hydrogen-bond acceptors (Lipinski definition) is 2. The van der Waals surface area contributed by atoms with E-state index in [9.17, 15) is 5.11 Å². The van der Waals surface area contributed by atoms with E-state index in [1.54, 1.807) is 0 Å². The van der Waals surface area contributed by atoms with Crippen molar-refractivity contribution in [3.63, 3.8) is 0 Å². The monoisotopic (exact) mass is 255 g/mol. The lowest BCUT2D eigenvalue weighted by atomic mass is 10.1. The summed E-state index contributed by atoms with van der Waals surface area (Å²) in [5.74, 6) is 0. The van der Waals surface area contributed by atoms with Crippen molar-refractivity contribution in [2.75, 3.05) is 11.9 Å². The molecule has 0 aromatic heterocycles. The minimum absolute atomic E-state index is 0.480. The standard InChI is InChI=1S/C17H21NO/c1-3-14-6-10-16(11-7-14)18-12-17(19)15-8-4-13(2)5-9-15/h4-11,17-19H,3,12H2,1-2H3. The zero-order valence-electron chi connectivity index (χ0n) is 11.6. The molecule has 0 radical (unpaired) electrons. The Morgan fingerprint density at radius 3 is 2.21 bits per heavy atom. The van der Waals surface area contributed by atoms with Gasteiger partial charge < -0.3 is 10.4 Å². The molecule has 2 aromatic carbocycles. The number of aliphatic hydroxyl groups excluding tert-OH is 1. The van der Waals surface area contributed by atoms with E-state index in [-0.39, 0.29) is 0 Å². The molecule has 0 aliphatic carbocycles. The lowest BCUT2D eigenvalue weighted by molar-refractivity contribution is 0.191. The Kier molecular flexibility index (Phi) is 4.58. The van der Waals surface area contributed by atoms with Crippen molar-refractivity contribution >= 4 is 5.69 Å². The Hall–Kier alpha value is -1.80. The van der Waals surface area contributed by atoms with Gasteiger partial charge in [-0.25, -0.2) is 0 Å². The van der Waals surface area contributed by atoms with Crippen LogP contribution in [0.1, 0.15) is 29.7 Å². The smallest absolute Gasteiger partial charge is 0.0962 e. The molecule has 0 fully saturated rings. The highest BCUT2D eigenvalue weighted by Crippen LogP contribution is 2.16. The normalized spacial score (nSPS) is 12.2. The van der Waals surface area contributed by atoms with Crippen molar-refractivity contribution in [2.45, 2.75) is 26.4 Å². The highest BCUT2D eigenvalue weighted by Gasteiger charge is 2.06. The Labute approximate surface area is 115 Å². The maximum Gasteiger partial charge on any atom is 0.0962 e. The van der Waals surface area contributed by atoms with Gasteiger partial charge in [-0.15, -0.1) is 0 Å². The first-order valence-corrected chi connectivity index (χ1v) is 6.76. The van der Waals surface area contributed by atoms with Gasteiger partial charge in [-0.1, -0.05) is 48.9 Å². The Morgan fingerprint density at radius 1 is 1.00 bits per heavy atom. The van der Waals surface area contributed by atoms with E-state index < -0.39 is 6.10 Å². The molecule has 0 heterocycles. The predicted molar refractivity (Wildman–Crippen MR) is 80.4 cm³/mol. The molecular weight excluding hydrogens is 234 g/mol. The summed E-state index contributed by atoms with van der Waals surface area (Å²) in [5.41, 5.74) is 4.52. The lowest BCUT2D eigenvalue weighted by Crippen LogP contribution is -2.12. The van der Waals surface area contributed by atoms with E-state index in [1.165, 1.54) is 11.1 Å². The van der Waals surface area contributed by atoms with E-state index in [0.29, 0.717) is 6.54 Å². The summed E-state index contributed by atoms with van der Waals surface area (Å²) >= 11 is 0. The molecule has 0 aliphatic heterocycles. The van der Waals surface area contributed by atoms with Crippen LogP contribution in [0.25, 0.3) is 0 Å². The fraction of sp³-hybridized carbons (Fsp3) is 0.294. The van der Waals surface area contributed by atoms with Crippen LogP contribution in [0.3, 0.4) is 0 Å². The van der Waals surface area contributed by atoms with Gasteiger partial charge in [0.1, 0.15) is 0 Å². The van der Waals surface area contributed by atoms with E-state index >= 15 is 0 Å². The molecule has 1 atom stereocenters. The minimum atomic E-state index is -0.480. The van der Waals surface area contributed by atoms with Crippen molar-refractivity contribution in [1.82, 2.24) is 0 Å². The zero-order valence-corrected chi connectivity index (χ0v) is 11.6. The quantitative estimate of drug-likeness (QED) is 0.853. The number of benzene rings is 2. The van der Waals surface area contributed by atoms with E-state index in [1.807, 2.05) is 31.2 Å². The van der Waals surface area contributed by atoms with Crippen LogP contribution >= 0.6 is 0 Å². The van der Waals surface area contributed by atoms with Crippen LogP contribution < -0.4 is 5.32 Å². The van der Waals surface area contributed by atoms with Gasteiger partial charge in [0.15, 0.2) is 0 Å². The molecule has 0 saturated heterocycles. The van der Waals surface area contributed by atoms with Gasteiger partial charge in [0.2, 0.25) is 0 Å². The largest absolute Gasteiger partial charge is 0.387 e. The van der Waals surface area contributed by atoms with Gasteiger partial charge >= 0.3 is 0 Å². The first-order chi connectivity index (χ1) is 9.19. The molecule has 2 nitrogen and oxygen atoms in total. The summed E-state index contributed by atoms with van der Waals surface area (Å²) in [6.45, 7) is 4.71. The molecule has 0 spiro atoms. The van der Waals surface area contributed by atoms with E-state index in [0.717, 1.165) is 17.7 Å². The molecule has 0 saturated carbocycles. The Morgan fingerprint density at radius 2 is 1.63 bits per heavy atom. The van der Waals surface area contributed by atoms with Crippen molar-refractivity contribution < 1.29 is 5.11 Å². The highest BCUT2D eigenvalue weighted by atomic mass is 16.3. The topological polar surface area (TPSA) is 32.3 Å². The van der Waals surface area contributed by atoms with Crippen LogP contribution in [0, 0.1) is 6.92 Å². The second-order valence-electron chi connectivity index (χ2n) is 4.86. The van der Waals surface area contributed by atoms with Gasteiger partial charge in [-0.05, 0) is 36.6 Å². The molecule has 19 heavy (non-hydrogen) atoms. The van der Waals surface area contributed by atoms with Gasteiger partial charge in [-0.2, -0.15) is 0 Å². The Bertz CT molecular complexity index is 502. The fourth-order valence-electron chi connectivity index (χ4n) is 1.98. The molecule has 1 unspecified atom stereocenters. The molecule has 0 bridgehead atoms. The first kappa shape index (κ1) is 13.6. The summed E-state index contributed by atoms with van der Waals surface area (Å²) < 4.78 is 0. The van der Waals surface area contributed by atoms with Gasteiger partial charge in [0, 0.05) is 12.2 Å². The van der Waals surface area contributed by atoms with Gasteiger partial charge in [0.05, 0.1) is 6.10 Å². The molecule has 0 aliphatic rings. The molecule has 2 N–H and O–H groups in total. The number of hydrogen-bond donors (Lipinski definition) is 2. The van der Waals surface area contributed by atoms with Crippen LogP contribution in [0.15, 0.2) is 48.5 Å². The minimum Gasteiger partial charge on any atom is -0.387 e. The first-order valence-electron chi connectivity index (χ1n) is 6.76. The number of aliphatic hydroxyl groups is 1. The van der Waals surface area contributed by atoms with Crippen LogP contribution in [-0.2, 0) is 6.42 Å². The zero-order chi connectivity index (χ0) is 13.7. The van der Waals surface area contributed by atoms with Crippen LogP contribution in [-0.4, -0.2) is 11.7 Å².